The number of benzene rings is 1. The van der Waals surface area contributed by atoms with Crippen molar-refractivity contribution in [3.63, 3.8) is 0 Å². The molecule has 1 N–H and O–H groups in total. The summed E-state index contributed by atoms with van der Waals surface area (Å²) in [5, 5.41) is 8.79. The Bertz CT molecular complexity index is 461. The predicted octanol–water partition coefficient (Wildman–Crippen LogP) is 3.15. The standard InChI is InChI=1S/C14H18FNO2/c1-3-14(4-2)8-16(9-14)12-6-5-10(13(17)18)7-11(12)15/h5-7H,3-4,8-9H2,1-2H3,(H,17,18). The number of anilines is 1. The predicted molar refractivity (Wildman–Crippen MR) is 68.6 cm³/mol. The molecule has 1 aromatic carbocycles. The van der Waals surface area contributed by atoms with E-state index in [0.29, 0.717) is 11.1 Å². The molecule has 2 rings (SSSR count). The summed E-state index contributed by atoms with van der Waals surface area (Å²) in [5.41, 5.74) is 0.810. The first-order valence-electron chi connectivity index (χ1n) is 6.29. The first-order chi connectivity index (χ1) is 8.51. The molecule has 0 spiro atoms. The van der Waals surface area contributed by atoms with Gasteiger partial charge < -0.3 is 10.0 Å². The summed E-state index contributed by atoms with van der Waals surface area (Å²) < 4.78 is 13.8. The van der Waals surface area contributed by atoms with Crippen LogP contribution in [0.3, 0.4) is 0 Å². The van der Waals surface area contributed by atoms with Gasteiger partial charge in [0.05, 0.1) is 11.3 Å². The molecule has 0 aromatic heterocycles. The van der Waals surface area contributed by atoms with Crippen LogP contribution in [0.5, 0.6) is 0 Å². The van der Waals surface area contributed by atoms with E-state index < -0.39 is 11.8 Å². The molecule has 4 heteroatoms. The number of carbonyl (C=O) groups is 1. The molecule has 1 heterocycles. The monoisotopic (exact) mass is 251 g/mol. The molecule has 1 saturated heterocycles. The highest BCUT2D eigenvalue weighted by atomic mass is 19.1. The Morgan fingerprint density at radius 3 is 2.44 bits per heavy atom. The SMILES string of the molecule is CCC1(CC)CN(c2ccc(C(=O)O)cc2F)C1. The van der Waals surface area contributed by atoms with E-state index in [1.807, 2.05) is 4.90 Å². The minimum absolute atomic E-state index is 0.00554. The maximum absolute atomic E-state index is 13.8. The van der Waals surface area contributed by atoms with Crippen LogP contribution in [-0.4, -0.2) is 24.2 Å². The van der Waals surface area contributed by atoms with Gasteiger partial charge in [0.15, 0.2) is 0 Å². The van der Waals surface area contributed by atoms with Gasteiger partial charge in [0.25, 0.3) is 0 Å². The van der Waals surface area contributed by atoms with Crippen molar-refractivity contribution in [1.82, 2.24) is 0 Å². The molecule has 1 aliphatic heterocycles. The number of carboxylic acid groups (broad SMARTS) is 1. The summed E-state index contributed by atoms with van der Waals surface area (Å²) in [6.45, 7) is 6.02. The van der Waals surface area contributed by atoms with E-state index >= 15 is 0 Å². The molecule has 1 aliphatic rings. The lowest BCUT2D eigenvalue weighted by molar-refractivity contribution is 0.0696. The second-order valence-electron chi connectivity index (χ2n) is 5.03. The summed E-state index contributed by atoms with van der Waals surface area (Å²) in [6, 6.07) is 4.11. The average Bonchev–Trinajstić information content (AvgIpc) is 2.30. The van der Waals surface area contributed by atoms with Crippen molar-refractivity contribution >= 4 is 11.7 Å². The molecule has 0 radical (unpaired) electrons. The fourth-order valence-corrected chi connectivity index (χ4v) is 2.53. The van der Waals surface area contributed by atoms with Crippen LogP contribution in [0, 0.1) is 11.2 Å². The van der Waals surface area contributed by atoms with Crippen molar-refractivity contribution in [2.24, 2.45) is 5.41 Å². The van der Waals surface area contributed by atoms with Crippen LogP contribution in [0.4, 0.5) is 10.1 Å². The van der Waals surface area contributed by atoms with Crippen LogP contribution in [0.25, 0.3) is 0 Å². The summed E-state index contributed by atoms with van der Waals surface area (Å²) in [7, 11) is 0. The van der Waals surface area contributed by atoms with Gasteiger partial charge in [-0.15, -0.1) is 0 Å². The van der Waals surface area contributed by atoms with E-state index in [-0.39, 0.29) is 5.56 Å². The first kappa shape index (κ1) is 12.9. The Hall–Kier alpha value is -1.58. The Morgan fingerprint density at radius 2 is 2.00 bits per heavy atom. The Balaban J connectivity index is 2.15. The lowest BCUT2D eigenvalue weighted by Crippen LogP contribution is -2.56. The van der Waals surface area contributed by atoms with Gasteiger partial charge in [0.1, 0.15) is 5.82 Å². The third kappa shape index (κ3) is 2.07. The molecule has 18 heavy (non-hydrogen) atoms. The van der Waals surface area contributed by atoms with Crippen molar-refractivity contribution in [3.8, 4) is 0 Å². The van der Waals surface area contributed by atoms with Gasteiger partial charge in [-0.25, -0.2) is 9.18 Å². The molecule has 0 bridgehead atoms. The van der Waals surface area contributed by atoms with Gasteiger partial charge in [-0.3, -0.25) is 0 Å². The van der Waals surface area contributed by atoms with E-state index in [4.69, 9.17) is 5.11 Å². The summed E-state index contributed by atoms with van der Waals surface area (Å²) in [6.07, 6.45) is 2.18. The lowest BCUT2D eigenvalue weighted by atomic mass is 9.75. The van der Waals surface area contributed by atoms with Crippen LogP contribution < -0.4 is 4.90 Å². The Kier molecular flexibility index (Phi) is 3.28. The highest BCUT2D eigenvalue weighted by molar-refractivity contribution is 5.88. The largest absolute Gasteiger partial charge is 0.478 e. The fraction of sp³-hybridized carbons (Fsp3) is 0.500. The molecule has 3 nitrogen and oxygen atoms in total. The van der Waals surface area contributed by atoms with Crippen molar-refractivity contribution in [1.29, 1.82) is 0 Å². The molecule has 0 amide bonds. The molecule has 98 valence electrons. The topological polar surface area (TPSA) is 40.5 Å². The van der Waals surface area contributed by atoms with E-state index in [9.17, 15) is 9.18 Å². The highest BCUT2D eigenvalue weighted by Gasteiger charge is 2.40. The van der Waals surface area contributed by atoms with Crippen LogP contribution in [0.2, 0.25) is 0 Å². The number of carboxylic acids is 1. The quantitative estimate of drug-likeness (QED) is 0.893. The fourth-order valence-electron chi connectivity index (χ4n) is 2.53. The number of nitrogens with zero attached hydrogens (tertiary/aromatic N) is 1. The van der Waals surface area contributed by atoms with Gasteiger partial charge in [0.2, 0.25) is 0 Å². The summed E-state index contributed by atoms with van der Waals surface area (Å²) >= 11 is 0. The van der Waals surface area contributed by atoms with Gasteiger partial charge in [-0.05, 0) is 31.0 Å². The van der Waals surface area contributed by atoms with Crippen LogP contribution >= 0.6 is 0 Å². The molecule has 0 unspecified atom stereocenters. The summed E-state index contributed by atoms with van der Waals surface area (Å²) in [5.74, 6) is -1.55. The minimum Gasteiger partial charge on any atom is -0.478 e. The molecular weight excluding hydrogens is 233 g/mol. The smallest absolute Gasteiger partial charge is 0.335 e. The van der Waals surface area contributed by atoms with Gasteiger partial charge >= 0.3 is 5.97 Å². The molecule has 0 aliphatic carbocycles. The molecular formula is C14H18FNO2. The molecule has 1 aromatic rings. The van der Waals surface area contributed by atoms with E-state index in [2.05, 4.69) is 13.8 Å². The zero-order valence-electron chi connectivity index (χ0n) is 10.7. The second kappa shape index (κ2) is 4.59. The van der Waals surface area contributed by atoms with Gasteiger partial charge in [0, 0.05) is 18.5 Å². The molecule has 0 saturated carbocycles. The maximum atomic E-state index is 13.8. The van der Waals surface area contributed by atoms with Crippen molar-refractivity contribution in [2.75, 3.05) is 18.0 Å². The third-order valence-corrected chi connectivity index (χ3v) is 4.09. The van der Waals surface area contributed by atoms with E-state index in [1.165, 1.54) is 6.07 Å². The minimum atomic E-state index is -1.10. The van der Waals surface area contributed by atoms with Crippen LogP contribution in [0.1, 0.15) is 37.0 Å². The average molecular weight is 251 g/mol. The normalized spacial score (nSPS) is 17.4. The Morgan fingerprint density at radius 1 is 1.39 bits per heavy atom. The van der Waals surface area contributed by atoms with Gasteiger partial charge in [-0.2, -0.15) is 0 Å². The van der Waals surface area contributed by atoms with Crippen LogP contribution in [0.15, 0.2) is 18.2 Å². The Labute approximate surface area is 106 Å². The first-order valence-corrected chi connectivity index (χ1v) is 6.29. The molecule has 1 fully saturated rings. The van der Waals surface area contributed by atoms with Gasteiger partial charge in [-0.1, -0.05) is 13.8 Å². The summed E-state index contributed by atoms with van der Waals surface area (Å²) in [4.78, 5) is 12.7. The van der Waals surface area contributed by atoms with Crippen LogP contribution in [-0.2, 0) is 0 Å². The second-order valence-corrected chi connectivity index (χ2v) is 5.03. The molecule has 0 atom stereocenters. The number of hydrogen-bond acceptors (Lipinski definition) is 2. The zero-order valence-corrected chi connectivity index (χ0v) is 10.7. The van der Waals surface area contributed by atoms with E-state index in [1.54, 1.807) is 6.07 Å². The maximum Gasteiger partial charge on any atom is 0.335 e. The van der Waals surface area contributed by atoms with Crippen molar-refractivity contribution in [2.45, 2.75) is 26.7 Å². The third-order valence-electron chi connectivity index (χ3n) is 4.09. The highest BCUT2D eigenvalue weighted by Crippen LogP contribution is 2.40. The number of hydrogen-bond donors (Lipinski definition) is 1. The number of aromatic carboxylic acids is 1. The number of halogens is 1. The van der Waals surface area contributed by atoms with Crippen molar-refractivity contribution < 1.29 is 14.3 Å². The lowest BCUT2D eigenvalue weighted by Gasteiger charge is -2.51. The van der Waals surface area contributed by atoms with Crippen molar-refractivity contribution in [3.05, 3.63) is 29.6 Å². The number of rotatable bonds is 4. The van der Waals surface area contributed by atoms with E-state index in [0.717, 1.165) is 32.0 Å². The zero-order chi connectivity index (χ0) is 13.3.